The highest BCUT2D eigenvalue weighted by Gasteiger charge is 2.20. The minimum Gasteiger partial charge on any atom is -0.496 e. The number of halogens is 1. The van der Waals surface area contributed by atoms with Crippen LogP contribution in [0.5, 0.6) is 5.75 Å². The monoisotopic (exact) mass is 358 g/mol. The maximum atomic E-state index is 12.1. The van der Waals surface area contributed by atoms with E-state index >= 15 is 0 Å². The molecule has 1 aliphatic rings. The van der Waals surface area contributed by atoms with Crippen LogP contribution in [0.3, 0.4) is 0 Å². The van der Waals surface area contributed by atoms with Crippen LogP contribution in [0.15, 0.2) is 29.2 Å². The third-order valence-corrected chi connectivity index (χ3v) is 5.23. The normalized spacial score (nSPS) is 18.6. The largest absolute Gasteiger partial charge is 0.496 e. The van der Waals surface area contributed by atoms with Gasteiger partial charge < -0.3 is 15.4 Å². The number of carbonyl (C=O) groups is 1. The van der Waals surface area contributed by atoms with Crippen molar-refractivity contribution in [1.29, 1.82) is 0 Å². The van der Waals surface area contributed by atoms with Crippen molar-refractivity contribution < 1.29 is 9.53 Å². The summed E-state index contributed by atoms with van der Waals surface area (Å²) in [4.78, 5) is 13.2. The quantitative estimate of drug-likeness (QED) is 0.735. The van der Waals surface area contributed by atoms with Crippen LogP contribution < -0.4 is 15.4 Å². The van der Waals surface area contributed by atoms with Gasteiger partial charge >= 0.3 is 0 Å². The Bertz CT molecular complexity index is 481. The summed E-state index contributed by atoms with van der Waals surface area (Å²) in [5.41, 5.74) is 0. The minimum atomic E-state index is 0. The molecule has 0 bridgehead atoms. The molecule has 23 heavy (non-hydrogen) atoms. The van der Waals surface area contributed by atoms with E-state index in [2.05, 4.69) is 23.6 Å². The molecule has 1 aromatic carbocycles. The summed E-state index contributed by atoms with van der Waals surface area (Å²) >= 11 is 1.78. The van der Waals surface area contributed by atoms with Gasteiger partial charge in [0.15, 0.2) is 0 Å². The molecule has 1 heterocycles. The number of hydrogen-bond acceptors (Lipinski definition) is 4. The predicted octanol–water partition coefficient (Wildman–Crippen LogP) is 3.10. The zero-order chi connectivity index (χ0) is 15.8. The number of amides is 1. The lowest BCUT2D eigenvalue weighted by Crippen LogP contribution is -2.47. The highest BCUT2D eigenvalue weighted by atomic mass is 35.5. The van der Waals surface area contributed by atoms with Crippen molar-refractivity contribution in [1.82, 2.24) is 10.6 Å². The first kappa shape index (κ1) is 20.1. The number of hydrogen-bond donors (Lipinski definition) is 2. The number of ether oxygens (including phenoxy) is 1. The predicted molar refractivity (Wildman–Crippen MR) is 98.8 cm³/mol. The molecular weight excluding hydrogens is 332 g/mol. The second-order valence-electron chi connectivity index (χ2n) is 5.81. The Kier molecular flexibility index (Phi) is 9.44. The van der Waals surface area contributed by atoms with Crippen molar-refractivity contribution in [3.63, 3.8) is 0 Å². The molecule has 4 nitrogen and oxygen atoms in total. The Labute approximate surface area is 149 Å². The van der Waals surface area contributed by atoms with Gasteiger partial charge in [-0.2, -0.15) is 0 Å². The van der Waals surface area contributed by atoms with Crippen LogP contribution in [0.1, 0.15) is 26.2 Å². The average molecular weight is 359 g/mol. The van der Waals surface area contributed by atoms with E-state index in [0.717, 1.165) is 42.3 Å². The van der Waals surface area contributed by atoms with Gasteiger partial charge in [-0.05, 0) is 37.4 Å². The zero-order valence-corrected chi connectivity index (χ0v) is 15.5. The molecule has 2 atom stereocenters. The van der Waals surface area contributed by atoms with Crippen molar-refractivity contribution in [2.24, 2.45) is 5.92 Å². The molecule has 130 valence electrons. The summed E-state index contributed by atoms with van der Waals surface area (Å²) in [5, 5.41) is 6.35. The summed E-state index contributed by atoms with van der Waals surface area (Å²) < 4.78 is 5.36. The van der Waals surface area contributed by atoms with Gasteiger partial charge in [-0.15, -0.1) is 24.2 Å². The molecule has 0 aliphatic carbocycles. The Morgan fingerprint density at radius 1 is 1.43 bits per heavy atom. The van der Waals surface area contributed by atoms with Gasteiger partial charge in [-0.3, -0.25) is 4.79 Å². The van der Waals surface area contributed by atoms with E-state index < -0.39 is 0 Å². The van der Waals surface area contributed by atoms with Gasteiger partial charge in [0.1, 0.15) is 5.75 Å². The van der Waals surface area contributed by atoms with E-state index in [1.54, 1.807) is 18.9 Å². The summed E-state index contributed by atoms with van der Waals surface area (Å²) in [5.74, 6) is 2.44. The topological polar surface area (TPSA) is 50.4 Å². The van der Waals surface area contributed by atoms with E-state index in [9.17, 15) is 4.79 Å². The number of benzene rings is 1. The molecule has 1 amide bonds. The Balaban J connectivity index is 0.00000264. The van der Waals surface area contributed by atoms with E-state index in [4.69, 9.17) is 4.74 Å². The SMILES string of the molecule is COc1ccccc1SCC(C)CNC(=O)C1CCCCN1.Cl. The Morgan fingerprint density at radius 2 is 2.22 bits per heavy atom. The molecule has 2 N–H and O–H groups in total. The first-order chi connectivity index (χ1) is 10.7. The van der Waals surface area contributed by atoms with Crippen LogP contribution in [0.2, 0.25) is 0 Å². The maximum Gasteiger partial charge on any atom is 0.237 e. The molecule has 6 heteroatoms. The minimum absolute atomic E-state index is 0. The molecule has 2 unspecified atom stereocenters. The third-order valence-electron chi connectivity index (χ3n) is 3.84. The summed E-state index contributed by atoms with van der Waals surface area (Å²) in [6.07, 6.45) is 3.27. The fourth-order valence-corrected chi connectivity index (χ4v) is 3.55. The Morgan fingerprint density at radius 3 is 2.91 bits per heavy atom. The van der Waals surface area contributed by atoms with Gasteiger partial charge in [0, 0.05) is 17.2 Å². The number of nitrogens with one attached hydrogen (secondary N) is 2. The van der Waals surface area contributed by atoms with E-state index in [1.165, 1.54) is 6.42 Å². The smallest absolute Gasteiger partial charge is 0.237 e. The highest BCUT2D eigenvalue weighted by molar-refractivity contribution is 7.99. The molecule has 0 aromatic heterocycles. The van der Waals surface area contributed by atoms with Crippen molar-refractivity contribution in [3.8, 4) is 5.75 Å². The molecule has 1 aliphatic heterocycles. The second-order valence-corrected chi connectivity index (χ2v) is 6.88. The summed E-state index contributed by atoms with van der Waals surface area (Å²) in [6.45, 7) is 3.84. The lowest BCUT2D eigenvalue weighted by atomic mass is 10.0. The highest BCUT2D eigenvalue weighted by Crippen LogP contribution is 2.29. The third kappa shape index (κ3) is 6.61. The first-order valence-corrected chi connectivity index (χ1v) is 8.96. The lowest BCUT2D eigenvalue weighted by molar-refractivity contribution is -0.123. The van der Waals surface area contributed by atoms with Gasteiger partial charge in [0.05, 0.1) is 13.2 Å². The molecule has 1 aromatic rings. The van der Waals surface area contributed by atoms with Crippen molar-refractivity contribution in [3.05, 3.63) is 24.3 Å². The maximum absolute atomic E-state index is 12.1. The molecule has 0 spiro atoms. The number of para-hydroxylation sites is 1. The average Bonchev–Trinajstić information content (AvgIpc) is 2.58. The number of carbonyl (C=O) groups excluding carboxylic acids is 1. The van der Waals surface area contributed by atoms with Crippen molar-refractivity contribution in [2.75, 3.05) is 26.0 Å². The second kappa shape index (κ2) is 10.8. The zero-order valence-electron chi connectivity index (χ0n) is 13.8. The molecule has 1 saturated heterocycles. The lowest BCUT2D eigenvalue weighted by Gasteiger charge is -2.23. The summed E-state index contributed by atoms with van der Waals surface area (Å²) in [7, 11) is 1.69. The van der Waals surface area contributed by atoms with Gasteiger partial charge in [0.25, 0.3) is 0 Å². The van der Waals surface area contributed by atoms with Crippen molar-refractivity contribution in [2.45, 2.75) is 37.1 Å². The van der Waals surface area contributed by atoms with Crippen LogP contribution in [-0.4, -0.2) is 37.9 Å². The van der Waals surface area contributed by atoms with Gasteiger partial charge in [-0.1, -0.05) is 25.5 Å². The molecule has 2 rings (SSSR count). The van der Waals surface area contributed by atoms with Crippen molar-refractivity contribution >= 4 is 30.1 Å². The molecule has 0 saturated carbocycles. The van der Waals surface area contributed by atoms with Crippen LogP contribution in [0, 0.1) is 5.92 Å². The number of thioether (sulfide) groups is 1. The van der Waals surface area contributed by atoms with Gasteiger partial charge in [-0.25, -0.2) is 0 Å². The fraction of sp³-hybridized carbons (Fsp3) is 0.588. The first-order valence-electron chi connectivity index (χ1n) is 7.97. The van der Waals surface area contributed by atoms with E-state index in [1.807, 2.05) is 18.2 Å². The number of piperidine rings is 1. The number of methoxy groups -OCH3 is 1. The van der Waals surface area contributed by atoms with Crippen LogP contribution in [-0.2, 0) is 4.79 Å². The van der Waals surface area contributed by atoms with Crippen LogP contribution in [0.4, 0.5) is 0 Å². The van der Waals surface area contributed by atoms with E-state index in [-0.39, 0.29) is 24.4 Å². The molecular formula is C17H27ClN2O2S. The van der Waals surface area contributed by atoms with Crippen LogP contribution in [0.25, 0.3) is 0 Å². The molecule has 1 fully saturated rings. The number of rotatable bonds is 7. The standard InChI is InChI=1S/C17H26N2O2S.ClH/c1-13(11-19-17(20)14-7-5-6-10-18-14)12-22-16-9-4-3-8-15(16)21-2;/h3-4,8-9,13-14,18H,5-7,10-12H2,1-2H3,(H,19,20);1H. The van der Waals surface area contributed by atoms with Gasteiger partial charge in [0.2, 0.25) is 5.91 Å². The fourth-order valence-electron chi connectivity index (χ4n) is 2.50. The summed E-state index contributed by atoms with van der Waals surface area (Å²) in [6, 6.07) is 8.04. The Hall–Kier alpha value is -0.910. The van der Waals surface area contributed by atoms with E-state index in [0.29, 0.717) is 5.92 Å². The molecule has 0 radical (unpaired) electrons. The van der Waals surface area contributed by atoms with Crippen LogP contribution >= 0.6 is 24.2 Å².